The fourth-order valence-electron chi connectivity index (χ4n) is 1.89. The Morgan fingerprint density at radius 3 is 2.52 bits per heavy atom. The van der Waals surface area contributed by atoms with Crippen LogP contribution in [0.5, 0.6) is 0 Å². The molecule has 0 fully saturated rings. The second kappa shape index (κ2) is 8.08. The molecule has 1 aromatic rings. The van der Waals surface area contributed by atoms with Crippen LogP contribution in [0.15, 0.2) is 23.1 Å². The van der Waals surface area contributed by atoms with Crippen LogP contribution >= 0.6 is 11.6 Å². The van der Waals surface area contributed by atoms with Crippen LogP contribution in [0.3, 0.4) is 0 Å². The molecule has 0 aliphatic carbocycles. The molecule has 7 heteroatoms. The minimum Gasteiger partial charge on any atom is -0.383 e. The Hall–Kier alpha value is -0.690. The summed E-state index contributed by atoms with van der Waals surface area (Å²) in [5.41, 5.74) is 0.542. The largest absolute Gasteiger partial charge is 0.383 e. The lowest BCUT2D eigenvalue weighted by molar-refractivity contribution is 0.175. The molecule has 0 unspecified atom stereocenters. The van der Waals surface area contributed by atoms with Crippen LogP contribution in [0.25, 0.3) is 0 Å². The van der Waals surface area contributed by atoms with E-state index in [0.717, 1.165) is 6.07 Å². The topological polar surface area (TPSA) is 46.6 Å². The van der Waals surface area contributed by atoms with Gasteiger partial charge in [-0.2, -0.15) is 4.31 Å². The number of alkyl halides is 1. The van der Waals surface area contributed by atoms with Crippen LogP contribution in [0.4, 0.5) is 4.39 Å². The third kappa shape index (κ3) is 4.92. The van der Waals surface area contributed by atoms with E-state index in [1.165, 1.54) is 23.5 Å². The third-order valence-corrected chi connectivity index (χ3v) is 5.09. The molecule has 0 aromatic heterocycles. The summed E-state index contributed by atoms with van der Waals surface area (Å²) in [6, 6.07) is 3.94. The molecule has 1 aromatic carbocycles. The van der Waals surface area contributed by atoms with Gasteiger partial charge in [0.25, 0.3) is 0 Å². The Balaban J connectivity index is 3.15. The first-order chi connectivity index (χ1) is 9.82. The van der Waals surface area contributed by atoms with Crippen LogP contribution in [0, 0.1) is 11.7 Å². The molecular formula is C14H21ClFNO3S. The van der Waals surface area contributed by atoms with Crippen molar-refractivity contribution in [3.63, 3.8) is 0 Å². The third-order valence-electron chi connectivity index (χ3n) is 2.88. The molecule has 21 heavy (non-hydrogen) atoms. The number of hydrogen-bond donors (Lipinski definition) is 0. The molecule has 0 N–H and O–H groups in total. The van der Waals surface area contributed by atoms with Crippen molar-refractivity contribution in [3.05, 3.63) is 29.6 Å². The van der Waals surface area contributed by atoms with Gasteiger partial charge in [-0.05, 0) is 23.6 Å². The standard InChI is InChI=1S/C14H21ClFNO3S/c1-11(2)10-17(6-7-20-3)21(18,19)14-5-4-12(9-15)8-13(14)16/h4-5,8,11H,6-7,9-10H2,1-3H3. The summed E-state index contributed by atoms with van der Waals surface area (Å²) in [6.45, 7) is 4.56. The lowest BCUT2D eigenvalue weighted by atomic mass is 10.2. The molecule has 0 spiro atoms. The van der Waals surface area contributed by atoms with Gasteiger partial charge in [0.2, 0.25) is 10.0 Å². The summed E-state index contributed by atoms with van der Waals surface area (Å²) in [4.78, 5) is -0.326. The average Bonchev–Trinajstić information content (AvgIpc) is 2.42. The van der Waals surface area contributed by atoms with Crippen molar-refractivity contribution in [3.8, 4) is 0 Å². The van der Waals surface area contributed by atoms with Crippen molar-refractivity contribution >= 4 is 21.6 Å². The van der Waals surface area contributed by atoms with E-state index < -0.39 is 15.8 Å². The van der Waals surface area contributed by atoms with E-state index in [2.05, 4.69) is 0 Å². The summed E-state index contributed by atoms with van der Waals surface area (Å²) in [6.07, 6.45) is 0. The van der Waals surface area contributed by atoms with Crippen LogP contribution in [-0.4, -0.2) is 39.5 Å². The maximum absolute atomic E-state index is 14.1. The van der Waals surface area contributed by atoms with Crippen molar-refractivity contribution in [2.45, 2.75) is 24.6 Å². The van der Waals surface area contributed by atoms with E-state index in [4.69, 9.17) is 16.3 Å². The molecule has 0 atom stereocenters. The van der Waals surface area contributed by atoms with E-state index >= 15 is 0 Å². The Labute approximate surface area is 130 Å². The molecule has 0 saturated heterocycles. The van der Waals surface area contributed by atoms with E-state index in [-0.39, 0.29) is 29.8 Å². The smallest absolute Gasteiger partial charge is 0.246 e. The maximum atomic E-state index is 14.1. The van der Waals surface area contributed by atoms with Crippen molar-refractivity contribution in [2.75, 3.05) is 26.8 Å². The van der Waals surface area contributed by atoms with Gasteiger partial charge in [-0.3, -0.25) is 0 Å². The average molecular weight is 338 g/mol. The molecule has 0 aliphatic rings. The van der Waals surface area contributed by atoms with Gasteiger partial charge in [-0.25, -0.2) is 12.8 Å². The van der Waals surface area contributed by atoms with Gasteiger partial charge in [-0.1, -0.05) is 19.9 Å². The molecule has 0 bridgehead atoms. The highest BCUT2D eigenvalue weighted by Gasteiger charge is 2.27. The second-order valence-electron chi connectivity index (χ2n) is 5.15. The van der Waals surface area contributed by atoms with Gasteiger partial charge >= 0.3 is 0 Å². The van der Waals surface area contributed by atoms with E-state index in [1.807, 2.05) is 13.8 Å². The van der Waals surface area contributed by atoms with Gasteiger partial charge < -0.3 is 4.74 Å². The van der Waals surface area contributed by atoms with E-state index in [1.54, 1.807) is 0 Å². The monoisotopic (exact) mass is 337 g/mol. The summed E-state index contributed by atoms with van der Waals surface area (Å²) in [5, 5.41) is 0. The first kappa shape index (κ1) is 18.4. The van der Waals surface area contributed by atoms with Crippen molar-refractivity contribution in [1.82, 2.24) is 4.31 Å². The van der Waals surface area contributed by atoms with Gasteiger partial charge in [0.05, 0.1) is 6.61 Å². The van der Waals surface area contributed by atoms with Crippen LogP contribution in [0.1, 0.15) is 19.4 Å². The fraction of sp³-hybridized carbons (Fsp3) is 0.571. The highest BCUT2D eigenvalue weighted by molar-refractivity contribution is 7.89. The molecule has 0 saturated carbocycles. The summed E-state index contributed by atoms with van der Waals surface area (Å²) < 4.78 is 45.4. The summed E-state index contributed by atoms with van der Waals surface area (Å²) >= 11 is 5.62. The molecule has 0 amide bonds. The quantitative estimate of drug-likeness (QED) is 0.685. The van der Waals surface area contributed by atoms with Crippen LogP contribution in [-0.2, 0) is 20.6 Å². The number of halogens is 2. The Bertz CT molecular complexity index is 563. The zero-order chi connectivity index (χ0) is 16.0. The summed E-state index contributed by atoms with van der Waals surface area (Å²) in [5.74, 6) is -0.516. The highest BCUT2D eigenvalue weighted by atomic mass is 35.5. The maximum Gasteiger partial charge on any atom is 0.246 e. The predicted molar refractivity (Wildman–Crippen MR) is 81.4 cm³/mol. The first-order valence-corrected chi connectivity index (χ1v) is 8.63. The highest BCUT2D eigenvalue weighted by Crippen LogP contribution is 2.22. The number of rotatable bonds is 8. The van der Waals surface area contributed by atoms with Gasteiger partial charge in [0, 0.05) is 26.1 Å². The first-order valence-electron chi connectivity index (χ1n) is 6.66. The molecule has 0 radical (unpaired) electrons. The number of benzene rings is 1. The Morgan fingerprint density at radius 2 is 2.05 bits per heavy atom. The zero-order valence-electron chi connectivity index (χ0n) is 12.5. The molecular weight excluding hydrogens is 317 g/mol. The van der Waals surface area contributed by atoms with Gasteiger partial charge in [0.1, 0.15) is 10.7 Å². The zero-order valence-corrected chi connectivity index (χ0v) is 14.0. The van der Waals surface area contributed by atoms with Crippen LogP contribution in [0.2, 0.25) is 0 Å². The van der Waals surface area contributed by atoms with Crippen molar-refractivity contribution < 1.29 is 17.5 Å². The van der Waals surface area contributed by atoms with Crippen molar-refractivity contribution in [2.24, 2.45) is 5.92 Å². The summed E-state index contributed by atoms with van der Waals surface area (Å²) in [7, 11) is -2.39. The number of hydrogen-bond acceptors (Lipinski definition) is 3. The molecule has 0 heterocycles. The predicted octanol–water partition coefficient (Wildman–Crippen LogP) is 2.86. The molecule has 4 nitrogen and oxygen atoms in total. The molecule has 120 valence electrons. The molecule has 0 aliphatic heterocycles. The van der Waals surface area contributed by atoms with Gasteiger partial charge in [0.15, 0.2) is 0 Å². The Morgan fingerprint density at radius 1 is 1.38 bits per heavy atom. The minimum absolute atomic E-state index is 0.127. The van der Waals surface area contributed by atoms with E-state index in [0.29, 0.717) is 12.1 Å². The van der Waals surface area contributed by atoms with Gasteiger partial charge in [-0.15, -0.1) is 11.6 Å². The van der Waals surface area contributed by atoms with E-state index in [9.17, 15) is 12.8 Å². The number of nitrogens with zero attached hydrogens (tertiary/aromatic N) is 1. The lowest BCUT2D eigenvalue weighted by Crippen LogP contribution is -2.37. The number of sulfonamides is 1. The van der Waals surface area contributed by atoms with Crippen molar-refractivity contribution in [1.29, 1.82) is 0 Å². The Kier molecular flexibility index (Phi) is 7.06. The minimum atomic E-state index is -3.89. The number of ether oxygens (including phenoxy) is 1. The lowest BCUT2D eigenvalue weighted by Gasteiger charge is -2.24. The number of methoxy groups -OCH3 is 1. The normalized spacial score (nSPS) is 12.3. The molecule has 1 rings (SSSR count). The fourth-order valence-corrected chi connectivity index (χ4v) is 3.68. The van der Waals surface area contributed by atoms with Crippen LogP contribution < -0.4 is 0 Å². The SMILES string of the molecule is COCCN(CC(C)C)S(=O)(=O)c1ccc(CCl)cc1F. The second-order valence-corrected chi connectivity index (χ2v) is 7.32.